The van der Waals surface area contributed by atoms with E-state index < -0.39 is 6.09 Å². The number of rotatable bonds is 0. The highest BCUT2D eigenvalue weighted by Crippen LogP contribution is 2.37. The maximum atomic E-state index is 12.1. The number of fused-ring (bicyclic) bond motifs is 3. The van der Waals surface area contributed by atoms with E-state index in [2.05, 4.69) is 5.32 Å². The van der Waals surface area contributed by atoms with E-state index in [9.17, 15) is 9.59 Å². The van der Waals surface area contributed by atoms with Gasteiger partial charge in [-0.1, -0.05) is 23.7 Å². The van der Waals surface area contributed by atoms with Gasteiger partial charge < -0.3 is 15.3 Å². The lowest BCUT2D eigenvalue weighted by Crippen LogP contribution is -2.44. The molecule has 2 atom stereocenters. The Bertz CT molecular complexity index is 587. The third-order valence-electron chi connectivity index (χ3n) is 3.90. The number of halogens is 1. The minimum Gasteiger partial charge on any atom is -0.465 e. The molecule has 2 aliphatic heterocycles. The van der Waals surface area contributed by atoms with Gasteiger partial charge in [-0.05, 0) is 18.1 Å². The number of benzene rings is 1. The number of hydrogen-bond donors (Lipinski definition) is 2. The number of aryl methyl sites for hydroxylation is 1. The fourth-order valence-corrected chi connectivity index (χ4v) is 3.15. The molecule has 2 heterocycles. The summed E-state index contributed by atoms with van der Waals surface area (Å²) < 4.78 is 0. The minimum atomic E-state index is -0.955. The van der Waals surface area contributed by atoms with E-state index in [0.29, 0.717) is 23.7 Å². The molecule has 1 aromatic rings. The van der Waals surface area contributed by atoms with E-state index in [-0.39, 0.29) is 17.9 Å². The van der Waals surface area contributed by atoms with Crippen LogP contribution in [0.25, 0.3) is 0 Å². The molecule has 5 nitrogen and oxygen atoms in total. The van der Waals surface area contributed by atoms with Gasteiger partial charge in [0.05, 0.1) is 16.6 Å². The van der Waals surface area contributed by atoms with Gasteiger partial charge in [-0.3, -0.25) is 4.79 Å². The second-order valence-electron chi connectivity index (χ2n) is 5.03. The number of carbonyl (C=O) groups excluding carboxylic acids is 1. The SMILES string of the molecule is Cc1ccc2c(c1Cl)C(=O)NC1CN(C(=O)O)CC21. The molecule has 6 heteroatoms. The van der Waals surface area contributed by atoms with Crippen LogP contribution in [0.4, 0.5) is 4.79 Å². The summed E-state index contributed by atoms with van der Waals surface area (Å²) in [6.45, 7) is 2.57. The van der Waals surface area contributed by atoms with Crippen molar-refractivity contribution in [3.63, 3.8) is 0 Å². The van der Waals surface area contributed by atoms with Crippen molar-refractivity contribution in [2.24, 2.45) is 0 Å². The number of nitrogens with one attached hydrogen (secondary N) is 1. The van der Waals surface area contributed by atoms with Gasteiger partial charge in [-0.15, -0.1) is 0 Å². The van der Waals surface area contributed by atoms with Crippen LogP contribution in [0.1, 0.15) is 27.4 Å². The van der Waals surface area contributed by atoms with Gasteiger partial charge in [0.25, 0.3) is 5.91 Å². The van der Waals surface area contributed by atoms with Crippen LogP contribution in [0.3, 0.4) is 0 Å². The third-order valence-corrected chi connectivity index (χ3v) is 4.39. The predicted molar refractivity (Wildman–Crippen MR) is 69.8 cm³/mol. The minimum absolute atomic E-state index is 0.0121. The van der Waals surface area contributed by atoms with Crippen molar-refractivity contribution in [2.75, 3.05) is 13.1 Å². The molecule has 0 bridgehead atoms. The van der Waals surface area contributed by atoms with Crippen LogP contribution in [0.15, 0.2) is 12.1 Å². The first kappa shape index (κ1) is 12.3. The van der Waals surface area contributed by atoms with Gasteiger partial charge in [0.2, 0.25) is 0 Å². The molecule has 0 aliphatic carbocycles. The van der Waals surface area contributed by atoms with Gasteiger partial charge in [-0.2, -0.15) is 0 Å². The zero-order valence-corrected chi connectivity index (χ0v) is 11.1. The molecule has 2 unspecified atom stereocenters. The van der Waals surface area contributed by atoms with Gasteiger partial charge in [-0.25, -0.2) is 4.79 Å². The lowest BCUT2D eigenvalue weighted by Gasteiger charge is -2.28. The van der Waals surface area contributed by atoms with Crippen LogP contribution in [-0.2, 0) is 0 Å². The average molecular weight is 281 g/mol. The highest BCUT2D eigenvalue weighted by Gasteiger charge is 2.42. The predicted octanol–water partition coefficient (Wildman–Crippen LogP) is 1.84. The Morgan fingerprint density at radius 1 is 1.47 bits per heavy atom. The smallest absolute Gasteiger partial charge is 0.407 e. The van der Waals surface area contributed by atoms with E-state index in [1.165, 1.54) is 4.90 Å². The van der Waals surface area contributed by atoms with Gasteiger partial charge >= 0.3 is 6.09 Å². The lowest BCUT2D eigenvalue weighted by molar-refractivity contribution is 0.0921. The molecular formula is C13H13ClN2O3. The van der Waals surface area contributed by atoms with Crippen molar-refractivity contribution in [1.29, 1.82) is 0 Å². The number of amides is 2. The molecule has 100 valence electrons. The zero-order chi connectivity index (χ0) is 13.7. The molecule has 2 amide bonds. The monoisotopic (exact) mass is 280 g/mol. The molecule has 19 heavy (non-hydrogen) atoms. The molecule has 1 saturated heterocycles. The van der Waals surface area contributed by atoms with Gasteiger partial charge in [0, 0.05) is 19.0 Å². The molecule has 3 rings (SSSR count). The third kappa shape index (κ3) is 1.76. The maximum absolute atomic E-state index is 12.1. The molecule has 0 aromatic heterocycles. The van der Waals surface area contributed by atoms with Crippen molar-refractivity contribution in [2.45, 2.75) is 18.9 Å². The summed E-state index contributed by atoms with van der Waals surface area (Å²) >= 11 is 6.20. The molecule has 0 spiro atoms. The Labute approximate surface area is 115 Å². The van der Waals surface area contributed by atoms with E-state index in [0.717, 1.165) is 11.1 Å². The van der Waals surface area contributed by atoms with E-state index in [1.54, 1.807) is 0 Å². The number of hydrogen-bond acceptors (Lipinski definition) is 2. The second-order valence-corrected chi connectivity index (χ2v) is 5.41. The topological polar surface area (TPSA) is 69.6 Å². The first-order chi connectivity index (χ1) is 8.99. The lowest BCUT2D eigenvalue weighted by atomic mass is 9.85. The summed E-state index contributed by atoms with van der Waals surface area (Å²) in [7, 11) is 0. The number of nitrogens with zero attached hydrogens (tertiary/aromatic N) is 1. The van der Waals surface area contributed by atoms with Crippen molar-refractivity contribution in [3.8, 4) is 0 Å². The normalized spacial score (nSPS) is 24.7. The summed E-state index contributed by atoms with van der Waals surface area (Å²) in [6.07, 6.45) is -0.955. The summed E-state index contributed by atoms with van der Waals surface area (Å²) in [5, 5.41) is 12.4. The Morgan fingerprint density at radius 2 is 2.21 bits per heavy atom. The number of carboxylic acid groups (broad SMARTS) is 1. The van der Waals surface area contributed by atoms with Crippen LogP contribution < -0.4 is 5.32 Å². The fourth-order valence-electron chi connectivity index (χ4n) is 2.90. The highest BCUT2D eigenvalue weighted by atomic mass is 35.5. The van der Waals surface area contributed by atoms with Gasteiger partial charge in [0.1, 0.15) is 0 Å². The Hall–Kier alpha value is -1.75. The van der Waals surface area contributed by atoms with Crippen LogP contribution >= 0.6 is 11.6 Å². The van der Waals surface area contributed by atoms with Crippen LogP contribution in [-0.4, -0.2) is 41.1 Å². The Morgan fingerprint density at radius 3 is 2.89 bits per heavy atom. The Kier molecular flexibility index (Phi) is 2.67. The quantitative estimate of drug-likeness (QED) is 0.762. The Balaban J connectivity index is 2.07. The molecule has 1 fully saturated rings. The highest BCUT2D eigenvalue weighted by molar-refractivity contribution is 6.35. The van der Waals surface area contributed by atoms with Gasteiger partial charge in [0.15, 0.2) is 0 Å². The van der Waals surface area contributed by atoms with E-state index >= 15 is 0 Å². The molecule has 2 aliphatic rings. The van der Waals surface area contributed by atoms with Crippen LogP contribution in [0, 0.1) is 6.92 Å². The van der Waals surface area contributed by atoms with Crippen LogP contribution in [0.5, 0.6) is 0 Å². The number of carbonyl (C=O) groups is 2. The molecular weight excluding hydrogens is 268 g/mol. The largest absolute Gasteiger partial charge is 0.465 e. The summed E-state index contributed by atoms with van der Waals surface area (Å²) in [6, 6.07) is 3.60. The second kappa shape index (κ2) is 4.13. The molecule has 0 radical (unpaired) electrons. The maximum Gasteiger partial charge on any atom is 0.407 e. The standard InChI is InChI=1S/C13H13ClN2O3/c1-6-2-3-7-8-4-16(13(18)19)5-9(8)15-12(17)10(7)11(6)14/h2-3,8-9H,4-5H2,1H3,(H,15,17)(H,18,19). The number of likely N-dealkylation sites (tertiary alicyclic amines) is 1. The molecule has 0 saturated carbocycles. The summed E-state index contributed by atoms with van der Waals surface area (Å²) in [5.74, 6) is -0.223. The van der Waals surface area contributed by atoms with Crippen molar-refractivity contribution in [3.05, 3.63) is 33.8 Å². The fraction of sp³-hybridized carbons (Fsp3) is 0.385. The van der Waals surface area contributed by atoms with Crippen molar-refractivity contribution in [1.82, 2.24) is 10.2 Å². The summed E-state index contributed by atoms with van der Waals surface area (Å²) in [5.41, 5.74) is 2.20. The first-order valence-electron chi connectivity index (χ1n) is 6.06. The molecule has 2 N–H and O–H groups in total. The zero-order valence-electron chi connectivity index (χ0n) is 10.3. The molecule has 1 aromatic carbocycles. The van der Waals surface area contributed by atoms with E-state index in [4.69, 9.17) is 16.7 Å². The van der Waals surface area contributed by atoms with Crippen molar-refractivity contribution < 1.29 is 14.7 Å². The van der Waals surface area contributed by atoms with E-state index in [1.807, 2.05) is 19.1 Å². The summed E-state index contributed by atoms with van der Waals surface area (Å²) in [4.78, 5) is 24.5. The average Bonchev–Trinajstić information content (AvgIpc) is 2.77. The van der Waals surface area contributed by atoms with Crippen LogP contribution in [0.2, 0.25) is 5.02 Å². The first-order valence-corrected chi connectivity index (χ1v) is 6.44. The van der Waals surface area contributed by atoms with Crippen molar-refractivity contribution >= 4 is 23.6 Å².